The molecule has 1 aliphatic rings. The Balaban J connectivity index is 2.02. The number of methoxy groups -OCH3 is 1. The molecule has 1 aliphatic heterocycles. The first-order chi connectivity index (χ1) is 8.70. The van der Waals surface area contributed by atoms with Crippen molar-refractivity contribution in [2.75, 3.05) is 31.2 Å². The first kappa shape index (κ1) is 12.5. The van der Waals surface area contributed by atoms with E-state index in [-0.39, 0.29) is 6.03 Å². The van der Waals surface area contributed by atoms with E-state index in [1.54, 1.807) is 25.3 Å². The lowest BCUT2D eigenvalue weighted by Crippen LogP contribution is -2.38. The number of likely N-dealkylation sites (tertiary alicyclic amines) is 1. The lowest BCUT2D eigenvalue weighted by atomic mass is 10.1. The summed E-state index contributed by atoms with van der Waals surface area (Å²) in [6, 6.07) is 5.18. The maximum Gasteiger partial charge on any atom is 0.321 e. The molecule has 98 valence electrons. The van der Waals surface area contributed by atoms with Crippen LogP contribution >= 0.6 is 0 Å². The standard InChI is InChI=1S/C13H19N3O2/c1-18-12-9-10(5-6-11(12)14)15-13(17)16-7-3-2-4-8-16/h5-6,9H,2-4,7-8,14H2,1H3,(H,15,17). The van der Waals surface area contributed by atoms with Gasteiger partial charge in [0.2, 0.25) is 0 Å². The first-order valence-corrected chi connectivity index (χ1v) is 6.20. The number of hydrogen-bond donors (Lipinski definition) is 2. The topological polar surface area (TPSA) is 67.6 Å². The van der Waals surface area contributed by atoms with Crippen LogP contribution in [0.5, 0.6) is 5.75 Å². The van der Waals surface area contributed by atoms with Gasteiger partial charge in [-0.15, -0.1) is 0 Å². The van der Waals surface area contributed by atoms with Gasteiger partial charge in [-0.2, -0.15) is 0 Å². The van der Waals surface area contributed by atoms with Gasteiger partial charge >= 0.3 is 6.03 Å². The summed E-state index contributed by atoms with van der Waals surface area (Å²) in [5, 5.41) is 2.86. The van der Waals surface area contributed by atoms with Crippen LogP contribution < -0.4 is 15.8 Å². The van der Waals surface area contributed by atoms with Gasteiger partial charge in [0.1, 0.15) is 5.75 Å². The predicted molar refractivity (Wildman–Crippen MR) is 71.8 cm³/mol. The number of piperidine rings is 1. The molecule has 2 rings (SSSR count). The molecule has 0 unspecified atom stereocenters. The van der Waals surface area contributed by atoms with E-state index in [1.165, 1.54) is 6.42 Å². The van der Waals surface area contributed by atoms with E-state index in [2.05, 4.69) is 5.32 Å². The normalized spacial score (nSPS) is 15.3. The minimum absolute atomic E-state index is 0.0541. The molecule has 0 spiro atoms. The zero-order valence-electron chi connectivity index (χ0n) is 10.6. The van der Waals surface area contributed by atoms with Crippen LogP contribution in [0.25, 0.3) is 0 Å². The van der Waals surface area contributed by atoms with Crippen LogP contribution in [-0.4, -0.2) is 31.1 Å². The summed E-state index contributed by atoms with van der Waals surface area (Å²) in [6.45, 7) is 1.66. The number of nitrogens with one attached hydrogen (secondary N) is 1. The Bertz CT molecular complexity index is 428. The smallest absolute Gasteiger partial charge is 0.321 e. The third kappa shape index (κ3) is 2.85. The van der Waals surface area contributed by atoms with Crippen molar-refractivity contribution in [3.63, 3.8) is 0 Å². The average molecular weight is 249 g/mol. The fourth-order valence-electron chi connectivity index (χ4n) is 2.09. The van der Waals surface area contributed by atoms with Gasteiger partial charge in [-0.1, -0.05) is 0 Å². The molecule has 3 N–H and O–H groups in total. The van der Waals surface area contributed by atoms with Crippen LogP contribution in [0.15, 0.2) is 18.2 Å². The molecule has 1 saturated heterocycles. The number of hydrogen-bond acceptors (Lipinski definition) is 3. The summed E-state index contributed by atoms with van der Waals surface area (Å²) < 4.78 is 5.12. The summed E-state index contributed by atoms with van der Waals surface area (Å²) in [5.41, 5.74) is 6.99. The zero-order valence-corrected chi connectivity index (χ0v) is 10.6. The van der Waals surface area contributed by atoms with Crippen molar-refractivity contribution < 1.29 is 9.53 Å². The van der Waals surface area contributed by atoms with Crippen LogP contribution in [0.3, 0.4) is 0 Å². The van der Waals surface area contributed by atoms with Crippen LogP contribution in [0, 0.1) is 0 Å². The van der Waals surface area contributed by atoms with Gasteiger partial charge in [-0.05, 0) is 31.4 Å². The van der Waals surface area contributed by atoms with Crippen molar-refractivity contribution in [3.05, 3.63) is 18.2 Å². The quantitative estimate of drug-likeness (QED) is 0.790. The summed E-state index contributed by atoms with van der Waals surface area (Å²) in [6.07, 6.45) is 3.37. The van der Waals surface area contributed by atoms with E-state index < -0.39 is 0 Å². The monoisotopic (exact) mass is 249 g/mol. The molecule has 0 atom stereocenters. The fourth-order valence-corrected chi connectivity index (χ4v) is 2.09. The number of benzene rings is 1. The van der Waals surface area contributed by atoms with Gasteiger partial charge in [-0.25, -0.2) is 4.79 Å². The van der Waals surface area contributed by atoms with Crippen molar-refractivity contribution >= 4 is 17.4 Å². The molecule has 1 heterocycles. The number of amides is 2. The van der Waals surface area contributed by atoms with Gasteiger partial charge in [-0.3, -0.25) is 0 Å². The second kappa shape index (κ2) is 5.62. The number of rotatable bonds is 2. The molecule has 5 heteroatoms. The Kier molecular flexibility index (Phi) is 3.92. The second-order valence-corrected chi connectivity index (χ2v) is 4.43. The molecule has 5 nitrogen and oxygen atoms in total. The van der Waals surface area contributed by atoms with E-state index in [9.17, 15) is 4.79 Å². The summed E-state index contributed by atoms with van der Waals surface area (Å²) in [5.74, 6) is 0.575. The summed E-state index contributed by atoms with van der Waals surface area (Å²) in [4.78, 5) is 13.8. The van der Waals surface area contributed by atoms with Gasteiger partial charge in [0.25, 0.3) is 0 Å². The Morgan fingerprint density at radius 2 is 2.06 bits per heavy atom. The number of anilines is 2. The van der Waals surface area contributed by atoms with Crippen molar-refractivity contribution in [3.8, 4) is 5.75 Å². The zero-order chi connectivity index (χ0) is 13.0. The molecule has 0 saturated carbocycles. The third-order valence-corrected chi connectivity index (χ3v) is 3.13. The van der Waals surface area contributed by atoms with Crippen molar-refractivity contribution in [1.82, 2.24) is 4.90 Å². The Hall–Kier alpha value is -1.91. The molecule has 0 bridgehead atoms. The van der Waals surface area contributed by atoms with Crippen molar-refractivity contribution in [1.29, 1.82) is 0 Å². The van der Waals surface area contributed by atoms with E-state index in [0.717, 1.165) is 25.9 Å². The van der Waals surface area contributed by atoms with E-state index >= 15 is 0 Å². The third-order valence-electron chi connectivity index (χ3n) is 3.13. The van der Waals surface area contributed by atoms with Crippen LogP contribution in [0.1, 0.15) is 19.3 Å². The molecular formula is C13H19N3O2. The fraction of sp³-hybridized carbons (Fsp3) is 0.462. The highest BCUT2D eigenvalue weighted by Gasteiger charge is 2.16. The Morgan fingerprint density at radius 3 is 2.72 bits per heavy atom. The average Bonchev–Trinajstić information content (AvgIpc) is 2.42. The maximum atomic E-state index is 12.0. The van der Waals surface area contributed by atoms with E-state index in [4.69, 9.17) is 10.5 Å². The number of carbonyl (C=O) groups is 1. The number of carbonyl (C=O) groups excluding carboxylic acids is 1. The highest BCUT2D eigenvalue weighted by Crippen LogP contribution is 2.25. The molecule has 0 radical (unpaired) electrons. The van der Waals surface area contributed by atoms with Crippen molar-refractivity contribution in [2.45, 2.75) is 19.3 Å². The number of nitrogens with zero attached hydrogens (tertiary/aromatic N) is 1. The van der Waals surface area contributed by atoms with Gasteiger partial charge in [0.05, 0.1) is 12.8 Å². The van der Waals surface area contributed by atoms with Gasteiger partial charge in [0.15, 0.2) is 0 Å². The first-order valence-electron chi connectivity index (χ1n) is 6.20. The van der Waals surface area contributed by atoms with Crippen molar-refractivity contribution in [2.24, 2.45) is 0 Å². The molecule has 1 fully saturated rings. The maximum absolute atomic E-state index is 12.0. The predicted octanol–water partition coefficient (Wildman–Crippen LogP) is 2.30. The molecule has 2 amide bonds. The summed E-state index contributed by atoms with van der Waals surface area (Å²) >= 11 is 0. The minimum atomic E-state index is -0.0541. The molecule has 0 aliphatic carbocycles. The van der Waals surface area contributed by atoms with Gasteiger partial charge < -0.3 is 20.7 Å². The van der Waals surface area contributed by atoms with Crippen LogP contribution in [0.2, 0.25) is 0 Å². The molecule has 1 aromatic carbocycles. The molecule has 0 aromatic heterocycles. The summed E-state index contributed by atoms with van der Waals surface area (Å²) in [7, 11) is 1.56. The number of nitrogens with two attached hydrogens (primary N) is 1. The number of urea groups is 1. The Labute approximate surface area is 107 Å². The van der Waals surface area contributed by atoms with E-state index in [0.29, 0.717) is 17.1 Å². The van der Waals surface area contributed by atoms with Gasteiger partial charge in [0, 0.05) is 24.8 Å². The number of ether oxygens (including phenoxy) is 1. The largest absolute Gasteiger partial charge is 0.495 e. The molecule has 1 aromatic rings. The van der Waals surface area contributed by atoms with E-state index in [1.807, 2.05) is 4.90 Å². The Morgan fingerprint density at radius 1 is 1.33 bits per heavy atom. The minimum Gasteiger partial charge on any atom is -0.495 e. The van der Waals surface area contributed by atoms with Crippen LogP contribution in [0.4, 0.5) is 16.2 Å². The van der Waals surface area contributed by atoms with Crippen LogP contribution in [-0.2, 0) is 0 Å². The number of nitrogen functional groups attached to an aromatic ring is 1. The second-order valence-electron chi connectivity index (χ2n) is 4.43. The lowest BCUT2D eigenvalue weighted by molar-refractivity contribution is 0.200. The molecule has 18 heavy (non-hydrogen) atoms. The SMILES string of the molecule is COc1cc(NC(=O)N2CCCCC2)ccc1N. The molecular weight excluding hydrogens is 230 g/mol. The lowest BCUT2D eigenvalue weighted by Gasteiger charge is -2.26. The highest BCUT2D eigenvalue weighted by atomic mass is 16.5. The highest BCUT2D eigenvalue weighted by molar-refractivity contribution is 5.90.